The van der Waals surface area contributed by atoms with E-state index in [0.29, 0.717) is 0 Å². The Hall–Kier alpha value is -3.88. The van der Waals surface area contributed by atoms with Gasteiger partial charge in [-0.1, -0.05) is 6.07 Å². The lowest BCUT2D eigenvalue weighted by molar-refractivity contribution is -0.135. The van der Waals surface area contributed by atoms with E-state index < -0.39 is 41.1 Å². The first-order chi connectivity index (χ1) is 13.3. The van der Waals surface area contributed by atoms with Crippen molar-refractivity contribution in [2.45, 2.75) is 0 Å². The highest BCUT2D eigenvalue weighted by molar-refractivity contribution is 6.03. The summed E-state index contributed by atoms with van der Waals surface area (Å²) in [6.45, 7) is -0.695. The third-order valence-electron chi connectivity index (χ3n) is 4.00. The summed E-state index contributed by atoms with van der Waals surface area (Å²) in [7, 11) is 1.39. The molecule has 144 valence electrons. The molecule has 28 heavy (non-hydrogen) atoms. The molecule has 2 aromatic carbocycles. The molecule has 1 aromatic heterocycles. The van der Waals surface area contributed by atoms with Crippen LogP contribution in [-0.4, -0.2) is 33.2 Å². The van der Waals surface area contributed by atoms with E-state index in [1.165, 1.54) is 43.4 Å². The Morgan fingerprint density at radius 2 is 1.89 bits per heavy atom. The van der Waals surface area contributed by atoms with Crippen molar-refractivity contribution in [1.82, 2.24) is 9.88 Å². The van der Waals surface area contributed by atoms with Crippen LogP contribution in [0.25, 0.3) is 10.9 Å². The number of hydrogen-bond donors (Lipinski definition) is 3. The van der Waals surface area contributed by atoms with Gasteiger partial charge in [0.05, 0.1) is 5.52 Å². The Balaban J connectivity index is 2.04. The molecule has 3 aromatic rings. The summed E-state index contributed by atoms with van der Waals surface area (Å²) in [5, 5.41) is 21.3. The van der Waals surface area contributed by atoms with Crippen LogP contribution in [0.2, 0.25) is 0 Å². The molecule has 0 spiro atoms. The molecule has 0 radical (unpaired) electrons. The largest absolute Gasteiger partial charge is 0.506 e. The molecular formula is C19H15FN2O6. The van der Waals surface area contributed by atoms with Crippen molar-refractivity contribution >= 4 is 22.8 Å². The molecule has 0 saturated heterocycles. The van der Waals surface area contributed by atoms with E-state index in [2.05, 4.69) is 0 Å². The molecule has 0 aliphatic heterocycles. The van der Waals surface area contributed by atoms with Crippen molar-refractivity contribution in [3.05, 3.63) is 64.2 Å². The number of carbonyl (C=O) groups excluding carboxylic acids is 1. The molecule has 0 aliphatic carbocycles. The third kappa shape index (κ3) is 3.63. The molecule has 3 rings (SSSR count). The number of aryl methyl sites for hydroxylation is 1. The number of amides is 1. The number of rotatable bonds is 5. The molecule has 9 heteroatoms. The summed E-state index contributed by atoms with van der Waals surface area (Å²) in [6, 6.07) is 9.88. The zero-order chi connectivity index (χ0) is 20.4. The van der Waals surface area contributed by atoms with E-state index in [4.69, 9.17) is 9.84 Å². The second kappa shape index (κ2) is 7.39. The van der Waals surface area contributed by atoms with Crippen LogP contribution in [0.1, 0.15) is 10.4 Å². The number of aliphatic carboxylic acids is 1. The first-order valence-electron chi connectivity index (χ1n) is 8.07. The second-order valence-electron chi connectivity index (χ2n) is 5.90. The molecule has 0 unspecified atom stereocenters. The second-order valence-corrected chi connectivity index (χ2v) is 5.90. The lowest BCUT2D eigenvalue weighted by atomic mass is 10.1. The smallest absolute Gasteiger partial charge is 0.322 e. The summed E-state index contributed by atoms with van der Waals surface area (Å²) in [5.74, 6) is -2.79. The minimum Gasteiger partial charge on any atom is -0.506 e. The normalized spacial score (nSPS) is 10.6. The first kappa shape index (κ1) is 18.9. The number of nitrogens with zero attached hydrogens (tertiary/aromatic N) is 1. The molecule has 3 N–H and O–H groups in total. The van der Waals surface area contributed by atoms with Gasteiger partial charge in [0, 0.05) is 24.6 Å². The Labute approximate surface area is 157 Å². The number of nitrogens with one attached hydrogen (secondary N) is 1. The van der Waals surface area contributed by atoms with Crippen LogP contribution in [-0.2, 0) is 11.8 Å². The van der Waals surface area contributed by atoms with Gasteiger partial charge < -0.3 is 24.8 Å². The average molecular weight is 386 g/mol. The Morgan fingerprint density at radius 3 is 2.57 bits per heavy atom. The predicted molar refractivity (Wildman–Crippen MR) is 97.3 cm³/mol. The number of carboxylic acid groups (broad SMARTS) is 1. The van der Waals surface area contributed by atoms with Crippen molar-refractivity contribution in [3.8, 4) is 17.2 Å². The van der Waals surface area contributed by atoms with Crippen molar-refractivity contribution < 1.29 is 28.9 Å². The topological polar surface area (TPSA) is 118 Å². The number of carbonyl (C=O) groups is 2. The maximum atomic E-state index is 13.3. The molecular weight excluding hydrogens is 371 g/mol. The monoisotopic (exact) mass is 386 g/mol. The molecule has 1 heterocycles. The van der Waals surface area contributed by atoms with Gasteiger partial charge in [0.1, 0.15) is 35.2 Å². The predicted octanol–water partition coefficient (Wildman–Crippen LogP) is 1.99. The van der Waals surface area contributed by atoms with Gasteiger partial charge in [0.25, 0.3) is 11.5 Å². The average Bonchev–Trinajstić information content (AvgIpc) is 2.64. The minimum atomic E-state index is -1.29. The third-order valence-corrected chi connectivity index (χ3v) is 4.00. The molecule has 0 aliphatic rings. The molecule has 0 saturated carbocycles. The number of hydrogen-bond acceptors (Lipinski definition) is 5. The fourth-order valence-electron chi connectivity index (χ4n) is 2.68. The molecule has 0 atom stereocenters. The number of halogens is 1. The van der Waals surface area contributed by atoms with Gasteiger partial charge in [-0.3, -0.25) is 14.4 Å². The summed E-state index contributed by atoms with van der Waals surface area (Å²) < 4.78 is 20.0. The van der Waals surface area contributed by atoms with E-state index in [-0.39, 0.29) is 22.4 Å². The van der Waals surface area contributed by atoms with Crippen molar-refractivity contribution in [3.63, 3.8) is 0 Å². The SMILES string of the molecule is Cn1c(=O)c(C(=O)NCC(=O)O)c(O)c2ccc(Oc3cccc(F)c3)cc21. The van der Waals surface area contributed by atoms with Crippen LogP contribution < -0.4 is 15.6 Å². The van der Waals surface area contributed by atoms with Crippen LogP contribution in [0, 0.1) is 5.82 Å². The Bertz CT molecular complexity index is 1160. The van der Waals surface area contributed by atoms with Gasteiger partial charge in [0.15, 0.2) is 0 Å². The van der Waals surface area contributed by atoms with Gasteiger partial charge in [-0.2, -0.15) is 0 Å². The van der Waals surface area contributed by atoms with Crippen molar-refractivity contribution in [1.29, 1.82) is 0 Å². The van der Waals surface area contributed by atoms with Gasteiger partial charge in [-0.05, 0) is 24.3 Å². The highest BCUT2D eigenvalue weighted by Gasteiger charge is 2.21. The van der Waals surface area contributed by atoms with E-state index in [9.17, 15) is 23.9 Å². The number of carboxylic acids is 1. The highest BCUT2D eigenvalue weighted by Crippen LogP contribution is 2.31. The van der Waals surface area contributed by atoms with Gasteiger partial charge in [-0.15, -0.1) is 0 Å². The maximum Gasteiger partial charge on any atom is 0.322 e. The number of aromatic hydroxyl groups is 1. The van der Waals surface area contributed by atoms with Crippen LogP contribution in [0.3, 0.4) is 0 Å². The lowest BCUT2D eigenvalue weighted by Gasteiger charge is -2.13. The summed E-state index contributed by atoms with van der Waals surface area (Å²) >= 11 is 0. The lowest BCUT2D eigenvalue weighted by Crippen LogP contribution is -2.35. The summed E-state index contributed by atoms with van der Waals surface area (Å²) in [6.07, 6.45) is 0. The van der Waals surface area contributed by atoms with Crippen molar-refractivity contribution in [2.75, 3.05) is 6.54 Å². The minimum absolute atomic E-state index is 0.189. The van der Waals surface area contributed by atoms with Crippen LogP contribution in [0.5, 0.6) is 17.2 Å². The van der Waals surface area contributed by atoms with Crippen LogP contribution in [0.4, 0.5) is 4.39 Å². The first-order valence-corrected chi connectivity index (χ1v) is 8.07. The van der Waals surface area contributed by atoms with Gasteiger partial charge >= 0.3 is 5.97 Å². The van der Waals surface area contributed by atoms with E-state index >= 15 is 0 Å². The van der Waals surface area contributed by atoms with Crippen molar-refractivity contribution in [2.24, 2.45) is 7.05 Å². The van der Waals surface area contributed by atoms with Gasteiger partial charge in [-0.25, -0.2) is 4.39 Å². The Morgan fingerprint density at radius 1 is 1.18 bits per heavy atom. The zero-order valence-corrected chi connectivity index (χ0v) is 14.6. The fourth-order valence-corrected chi connectivity index (χ4v) is 2.68. The molecule has 8 nitrogen and oxygen atoms in total. The standard InChI is InChI=1S/C19H15FN2O6/c1-22-14-8-12(28-11-4-2-3-10(20)7-11)5-6-13(14)17(25)16(19(22)27)18(26)21-9-15(23)24/h2-8,25H,9H2,1H3,(H,21,26)(H,23,24). The highest BCUT2D eigenvalue weighted by atomic mass is 19.1. The quantitative estimate of drug-likeness (QED) is 0.617. The number of ether oxygens (including phenoxy) is 1. The fraction of sp³-hybridized carbons (Fsp3) is 0.105. The summed E-state index contributed by atoms with van der Waals surface area (Å²) in [4.78, 5) is 35.2. The van der Waals surface area contributed by atoms with E-state index in [1.54, 1.807) is 6.07 Å². The number of aromatic nitrogens is 1. The van der Waals surface area contributed by atoms with Gasteiger partial charge in [0.2, 0.25) is 0 Å². The number of pyridine rings is 1. The molecule has 0 bridgehead atoms. The zero-order valence-electron chi connectivity index (χ0n) is 14.6. The van der Waals surface area contributed by atoms with Crippen LogP contribution >= 0.6 is 0 Å². The number of fused-ring (bicyclic) bond motifs is 1. The Kier molecular flexibility index (Phi) is 4.99. The molecule has 1 amide bonds. The number of benzene rings is 2. The molecule has 0 fully saturated rings. The van der Waals surface area contributed by atoms with Crippen LogP contribution in [0.15, 0.2) is 47.3 Å². The maximum absolute atomic E-state index is 13.3. The van der Waals surface area contributed by atoms with E-state index in [1.807, 2.05) is 5.32 Å². The van der Waals surface area contributed by atoms with E-state index in [0.717, 1.165) is 4.57 Å². The summed E-state index contributed by atoms with van der Waals surface area (Å²) in [5.41, 5.74) is -1.10.